The molecule has 0 unspecified atom stereocenters. The maximum atomic E-state index is 12.7. The number of hydrogen-bond acceptors (Lipinski definition) is 2. The van der Waals surface area contributed by atoms with E-state index in [2.05, 4.69) is 29.8 Å². The van der Waals surface area contributed by atoms with Crippen LogP contribution in [-0.4, -0.2) is 11.4 Å². The summed E-state index contributed by atoms with van der Waals surface area (Å²) >= 11 is 3.46. The molecule has 2 aromatic rings. The molecule has 3 rings (SSSR count). The Kier molecular flexibility index (Phi) is 3.40. The van der Waals surface area contributed by atoms with Gasteiger partial charge < -0.3 is 4.74 Å². The normalized spacial score (nSPS) is 15.4. The van der Waals surface area contributed by atoms with Gasteiger partial charge in [-0.25, -0.2) is 0 Å². The highest BCUT2D eigenvalue weighted by Gasteiger charge is 2.30. The lowest BCUT2D eigenvalue weighted by molar-refractivity contribution is 0.103. The van der Waals surface area contributed by atoms with Crippen LogP contribution in [0.1, 0.15) is 40.9 Å². The van der Waals surface area contributed by atoms with Gasteiger partial charge in [-0.2, -0.15) is 0 Å². The third-order valence-corrected chi connectivity index (χ3v) is 4.38. The topological polar surface area (TPSA) is 26.3 Å². The van der Waals surface area contributed by atoms with Crippen molar-refractivity contribution in [3.63, 3.8) is 0 Å². The summed E-state index contributed by atoms with van der Waals surface area (Å²) in [6, 6.07) is 11.5. The van der Waals surface area contributed by atoms with Gasteiger partial charge in [-0.3, -0.25) is 4.79 Å². The molecule has 0 saturated heterocycles. The van der Waals surface area contributed by atoms with Crippen molar-refractivity contribution in [1.29, 1.82) is 0 Å². The van der Waals surface area contributed by atoms with Crippen molar-refractivity contribution < 1.29 is 9.53 Å². The predicted octanol–water partition coefficient (Wildman–Crippen LogP) is 4.70. The van der Waals surface area contributed by atoms with Crippen LogP contribution in [0.25, 0.3) is 0 Å². The van der Waals surface area contributed by atoms with Crippen LogP contribution in [0.4, 0.5) is 0 Å². The summed E-state index contributed by atoms with van der Waals surface area (Å²) in [5, 5.41) is 0. The minimum Gasteiger partial charge on any atom is -0.487 e. The monoisotopic (exact) mass is 344 g/mol. The van der Waals surface area contributed by atoms with Crippen molar-refractivity contribution in [2.24, 2.45) is 0 Å². The summed E-state index contributed by atoms with van der Waals surface area (Å²) in [6.45, 7) is 6.11. The summed E-state index contributed by atoms with van der Waals surface area (Å²) < 4.78 is 6.69. The van der Waals surface area contributed by atoms with E-state index in [1.807, 2.05) is 43.3 Å². The molecule has 0 radical (unpaired) electrons. The number of halogens is 1. The molecule has 0 amide bonds. The molecule has 0 spiro atoms. The first-order chi connectivity index (χ1) is 9.85. The van der Waals surface area contributed by atoms with Crippen LogP contribution in [0.15, 0.2) is 40.9 Å². The zero-order valence-corrected chi connectivity index (χ0v) is 14.0. The Balaban J connectivity index is 1.99. The van der Waals surface area contributed by atoms with E-state index in [0.717, 1.165) is 27.8 Å². The highest BCUT2D eigenvalue weighted by molar-refractivity contribution is 9.10. The number of ether oxygens (including phenoxy) is 1. The summed E-state index contributed by atoms with van der Waals surface area (Å²) in [6.07, 6.45) is 0.832. The number of fused-ring (bicyclic) bond motifs is 1. The van der Waals surface area contributed by atoms with E-state index in [1.165, 1.54) is 0 Å². The van der Waals surface area contributed by atoms with Gasteiger partial charge in [0.15, 0.2) is 5.78 Å². The maximum absolute atomic E-state index is 12.7. The molecule has 108 valence electrons. The van der Waals surface area contributed by atoms with Crippen LogP contribution >= 0.6 is 15.9 Å². The van der Waals surface area contributed by atoms with Gasteiger partial charge in [-0.15, -0.1) is 0 Å². The first kappa shape index (κ1) is 14.3. The average molecular weight is 345 g/mol. The van der Waals surface area contributed by atoms with Crippen LogP contribution in [0.5, 0.6) is 5.75 Å². The zero-order valence-electron chi connectivity index (χ0n) is 12.4. The highest BCUT2D eigenvalue weighted by Crippen LogP contribution is 2.35. The summed E-state index contributed by atoms with van der Waals surface area (Å²) in [4.78, 5) is 12.7. The first-order valence-corrected chi connectivity index (χ1v) is 7.78. The molecule has 0 aliphatic carbocycles. The third-order valence-electron chi connectivity index (χ3n) is 3.69. The Labute approximate surface area is 133 Å². The molecule has 0 N–H and O–H groups in total. The molecule has 0 bridgehead atoms. The summed E-state index contributed by atoms with van der Waals surface area (Å²) in [7, 11) is 0. The molecule has 0 atom stereocenters. The molecular weight excluding hydrogens is 328 g/mol. The van der Waals surface area contributed by atoms with E-state index in [-0.39, 0.29) is 11.4 Å². The van der Waals surface area contributed by atoms with E-state index in [4.69, 9.17) is 4.74 Å². The second-order valence-corrected chi connectivity index (χ2v) is 7.03. The third kappa shape index (κ3) is 2.75. The van der Waals surface area contributed by atoms with Crippen LogP contribution in [0, 0.1) is 6.92 Å². The Hall–Kier alpha value is -1.61. The van der Waals surface area contributed by atoms with Gasteiger partial charge in [-0.05, 0) is 56.7 Å². The minimum absolute atomic E-state index is 0.0399. The fourth-order valence-corrected chi connectivity index (χ4v) is 3.15. The van der Waals surface area contributed by atoms with Gasteiger partial charge in [0.25, 0.3) is 0 Å². The van der Waals surface area contributed by atoms with E-state index in [0.29, 0.717) is 11.1 Å². The number of carbonyl (C=O) groups excluding carboxylic acids is 1. The number of ketones is 1. The van der Waals surface area contributed by atoms with Crippen LogP contribution in [-0.2, 0) is 6.42 Å². The summed E-state index contributed by atoms with van der Waals surface area (Å²) in [5.41, 5.74) is 3.41. The number of hydrogen-bond donors (Lipinski definition) is 0. The lowest BCUT2D eigenvalue weighted by Crippen LogP contribution is -2.24. The van der Waals surface area contributed by atoms with Gasteiger partial charge >= 0.3 is 0 Å². The first-order valence-electron chi connectivity index (χ1n) is 6.98. The Morgan fingerprint density at radius 3 is 2.71 bits per heavy atom. The van der Waals surface area contributed by atoms with Crippen molar-refractivity contribution in [2.75, 3.05) is 0 Å². The Bertz CT molecular complexity index is 732. The van der Waals surface area contributed by atoms with Crippen molar-refractivity contribution in [2.45, 2.75) is 32.8 Å². The quantitative estimate of drug-likeness (QED) is 0.738. The second-order valence-electron chi connectivity index (χ2n) is 6.17. The SMILES string of the molecule is Cc1ccc(Br)c(C(=O)c2ccc3c(c2)CC(C)(C)O3)c1. The van der Waals surface area contributed by atoms with Crippen molar-refractivity contribution in [3.05, 3.63) is 63.1 Å². The smallest absolute Gasteiger partial charge is 0.194 e. The second kappa shape index (κ2) is 4.99. The van der Waals surface area contributed by atoms with Crippen LogP contribution in [0.3, 0.4) is 0 Å². The molecule has 0 fully saturated rings. The van der Waals surface area contributed by atoms with Gasteiger partial charge in [-0.1, -0.05) is 27.6 Å². The predicted molar refractivity (Wildman–Crippen MR) is 87.2 cm³/mol. The fraction of sp³-hybridized carbons (Fsp3) is 0.278. The lowest BCUT2D eigenvalue weighted by Gasteiger charge is -2.16. The number of carbonyl (C=O) groups is 1. The van der Waals surface area contributed by atoms with Crippen molar-refractivity contribution >= 4 is 21.7 Å². The molecule has 3 heteroatoms. The van der Waals surface area contributed by atoms with E-state index in [9.17, 15) is 4.79 Å². The number of rotatable bonds is 2. The standard InChI is InChI=1S/C18H17BrO2/c1-11-4-6-15(19)14(8-11)17(20)12-5-7-16-13(9-12)10-18(2,3)21-16/h4-9H,10H2,1-3H3. The van der Waals surface area contributed by atoms with Gasteiger partial charge in [0.1, 0.15) is 11.4 Å². The number of aryl methyl sites for hydroxylation is 1. The molecule has 1 aliphatic heterocycles. The Morgan fingerprint density at radius 2 is 1.95 bits per heavy atom. The molecule has 0 saturated carbocycles. The van der Waals surface area contributed by atoms with Gasteiger partial charge in [0.2, 0.25) is 0 Å². The van der Waals surface area contributed by atoms with Gasteiger partial charge in [0.05, 0.1) is 0 Å². The fourth-order valence-electron chi connectivity index (χ4n) is 2.72. The molecule has 2 nitrogen and oxygen atoms in total. The van der Waals surface area contributed by atoms with Crippen LogP contribution < -0.4 is 4.74 Å². The summed E-state index contributed by atoms with van der Waals surface area (Å²) in [5.74, 6) is 0.929. The Morgan fingerprint density at radius 1 is 1.19 bits per heavy atom. The molecule has 1 heterocycles. The van der Waals surface area contributed by atoms with E-state index < -0.39 is 0 Å². The largest absolute Gasteiger partial charge is 0.487 e. The van der Waals surface area contributed by atoms with E-state index >= 15 is 0 Å². The average Bonchev–Trinajstić information content (AvgIpc) is 2.73. The van der Waals surface area contributed by atoms with Gasteiger partial charge in [0, 0.05) is 22.0 Å². The maximum Gasteiger partial charge on any atom is 0.194 e. The van der Waals surface area contributed by atoms with Crippen molar-refractivity contribution in [3.8, 4) is 5.75 Å². The minimum atomic E-state index is -0.187. The molecule has 1 aliphatic rings. The van der Waals surface area contributed by atoms with Crippen LogP contribution in [0.2, 0.25) is 0 Å². The molecule has 0 aromatic heterocycles. The molecular formula is C18H17BrO2. The number of benzene rings is 2. The molecule has 21 heavy (non-hydrogen) atoms. The highest BCUT2D eigenvalue weighted by atomic mass is 79.9. The molecule has 2 aromatic carbocycles. The zero-order chi connectivity index (χ0) is 15.2. The lowest BCUT2D eigenvalue weighted by atomic mass is 9.96. The van der Waals surface area contributed by atoms with Crippen molar-refractivity contribution in [1.82, 2.24) is 0 Å². The van der Waals surface area contributed by atoms with E-state index in [1.54, 1.807) is 0 Å².